The molecule has 0 bridgehead atoms. The molecule has 146 valence electrons. The highest BCUT2D eigenvalue weighted by Crippen LogP contribution is 2.49. The van der Waals surface area contributed by atoms with Gasteiger partial charge in [0.05, 0.1) is 11.7 Å². The first-order valence-electron chi connectivity index (χ1n) is 9.63. The molecular weight excluding hydrogens is 418 g/mol. The topological polar surface area (TPSA) is 28.5 Å². The summed E-state index contributed by atoms with van der Waals surface area (Å²) in [6, 6.07) is 23.0. The molecule has 5 rings (SSSR count). The largest absolute Gasteiger partial charge is 0.341 e. The van der Waals surface area contributed by atoms with Crippen molar-refractivity contribution < 1.29 is 0 Å². The summed E-state index contributed by atoms with van der Waals surface area (Å²) >= 11 is 9.72. The third-order valence-corrected chi connectivity index (χ3v) is 7.61. The molecule has 2 aliphatic rings. The Bertz CT molecular complexity index is 1040. The van der Waals surface area contributed by atoms with Crippen molar-refractivity contribution in [2.75, 3.05) is 6.54 Å². The lowest BCUT2D eigenvalue weighted by Gasteiger charge is -2.29. The van der Waals surface area contributed by atoms with Gasteiger partial charge in [-0.15, -0.1) is 0 Å². The van der Waals surface area contributed by atoms with E-state index >= 15 is 0 Å². The fourth-order valence-electron chi connectivity index (χ4n) is 3.90. The second kappa shape index (κ2) is 8.05. The zero-order valence-corrected chi connectivity index (χ0v) is 18.3. The third kappa shape index (κ3) is 3.79. The van der Waals surface area contributed by atoms with E-state index in [9.17, 15) is 0 Å². The second-order valence-electron chi connectivity index (χ2n) is 7.23. The minimum absolute atomic E-state index is 0.0122. The number of aliphatic imine (C=N–C) groups is 1. The van der Waals surface area contributed by atoms with Crippen LogP contribution in [0.1, 0.15) is 30.3 Å². The Hall–Kier alpha value is -1.95. The molecule has 1 saturated heterocycles. The number of thioether (sulfide) groups is 1. The van der Waals surface area contributed by atoms with Crippen molar-refractivity contribution in [2.45, 2.75) is 34.0 Å². The van der Waals surface area contributed by atoms with Crippen molar-refractivity contribution >= 4 is 40.3 Å². The van der Waals surface area contributed by atoms with Gasteiger partial charge < -0.3 is 4.90 Å². The maximum atomic E-state index is 6.07. The predicted octanol–water partition coefficient (Wildman–Crippen LogP) is 6.48. The van der Waals surface area contributed by atoms with Gasteiger partial charge >= 0.3 is 0 Å². The molecule has 0 aliphatic carbocycles. The summed E-state index contributed by atoms with van der Waals surface area (Å²) in [5, 5.41) is 2.45. The van der Waals surface area contributed by atoms with E-state index in [-0.39, 0.29) is 12.1 Å². The number of pyridine rings is 1. The number of amidine groups is 1. The van der Waals surface area contributed by atoms with E-state index in [2.05, 4.69) is 59.3 Å². The molecule has 1 aromatic heterocycles. The minimum atomic E-state index is 0.0122. The first-order valence-corrected chi connectivity index (χ1v) is 11.7. The number of hydrogen-bond acceptors (Lipinski definition) is 5. The summed E-state index contributed by atoms with van der Waals surface area (Å²) in [7, 11) is 0. The first kappa shape index (κ1) is 19.0. The molecule has 2 aliphatic heterocycles. The highest BCUT2D eigenvalue weighted by Gasteiger charge is 2.44. The molecule has 0 radical (unpaired) electrons. The molecular formula is C23H20ClN3S2. The fraction of sp³-hybridized carbons (Fsp3) is 0.217. The van der Waals surface area contributed by atoms with Crippen molar-refractivity contribution in [1.82, 2.24) is 9.88 Å². The van der Waals surface area contributed by atoms with Crippen LogP contribution >= 0.6 is 35.1 Å². The van der Waals surface area contributed by atoms with E-state index < -0.39 is 0 Å². The average molecular weight is 438 g/mol. The number of benzene rings is 2. The van der Waals surface area contributed by atoms with Crippen LogP contribution in [0.4, 0.5) is 0 Å². The number of halogens is 1. The molecule has 0 N–H and O–H groups in total. The van der Waals surface area contributed by atoms with Crippen molar-refractivity contribution in [3.63, 3.8) is 0 Å². The van der Waals surface area contributed by atoms with Gasteiger partial charge in [-0.1, -0.05) is 66.3 Å². The maximum Gasteiger partial charge on any atom is 0.160 e. The van der Waals surface area contributed by atoms with Gasteiger partial charge in [-0.3, -0.25) is 9.98 Å². The first-order chi connectivity index (χ1) is 14.2. The van der Waals surface area contributed by atoms with Crippen molar-refractivity contribution in [3.05, 3.63) is 89.2 Å². The highest BCUT2D eigenvalue weighted by molar-refractivity contribution is 8.14. The summed E-state index contributed by atoms with van der Waals surface area (Å²) in [6.07, 6.45) is 1.86. The number of fused-ring (bicyclic) bond motifs is 1. The predicted molar refractivity (Wildman–Crippen MR) is 123 cm³/mol. The molecule has 3 heterocycles. The number of hydrogen-bond donors (Lipinski definition) is 0. The minimum Gasteiger partial charge on any atom is -0.341 e. The Labute approximate surface area is 184 Å². The second-order valence-corrected chi connectivity index (χ2v) is 10.2. The molecule has 0 unspecified atom stereocenters. The summed E-state index contributed by atoms with van der Waals surface area (Å²) in [5.74, 6) is 0. The van der Waals surface area contributed by atoms with E-state index in [0.29, 0.717) is 5.25 Å². The fourth-order valence-corrected chi connectivity index (χ4v) is 6.10. The smallest absolute Gasteiger partial charge is 0.160 e. The Kier molecular flexibility index (Phi) is 5.29. The SMILES string of the molecule is C[C@H]1CN2C(=N[C@@H](c3ccccn3)[C@@H]2c2ccccc2Sc2ccc(Cl)cc2)S1. The summed E-state index contributed by atoms with van der Waals surface area (Å²) in [5.41, 5.74) is 2.33. The molecule has 3 atom stereocenters. The Balaban J connectivity index is 1.55. The van der Waals surface area contributed by atoms with Gasteiger partial charge in [0.2, 0.25) is 0 Å². The molecule has 29 heavy (non-hydrogen) atoms. The zero-order valence-electron chi connectivity index (χ0n) is 15.9. The van der Waals surface area contributed by atoms with Crippen LogP contribution in [-0.2, 0) is 0 Å². The molecule has 2 aromatic carbocycles. The quantitative estimate of drug-likeness (QED) is 0.467. The van der Waals surface area contributed by atoms with Gasteiger partial charge in [-0.05, 0) is 48.0 Å². The van der Waals surface area contributed by atoms with E-state index in [4.69, 9.17) is 16.6 Å². The lowest BCUT2D eigenvalue weighted by Crippen LogP contribution is -2.28. The monoisotopic (exact) mass is 437 g/mol. The van der Waals surface area contributed by atoms with Gasteiger partial charge in [0, 0.05) is 32.8 Å². The normalized spacial score (nSPS) is 23.2. The van der Waals surface area contributed by atoms with Crippen LogP contribution in [0.25, 0.3) is 0 Å². The van der Waals surface area contributed by atoms with Crippen molar-refractivity contribution in [1.29, 1.82) is 0 Å². The number of rotatable bonds is 4. The van der Waals surface area contributed by atoms with Gasteiger partial charge in [-0.2, -0.15) is 0 Å². The zero-order chi connectivity index (χ0) is 19.8. The van der Waals surface area contributed by atoms with Crippen LogP contribution in [0.15, 0.2) is 87.7 Å². The van der Waals surface area contributed by atoms with Crippen LogP contribution in [-0.4, -0.2) is 26.8 Å². The molecule has 6 heteroatoms. The van der Waals surface area contributed by atoms with Crippen molar-refractivity contribution in [2.24, 2.45) is 4.99 Å². The summed E-state index contributed by atoms with van der Waals surface area (Å²) in [4.78, 5) is 14.6. The third-order valence-electron chi connectivity index (χ3n) is 5.16. The van der Waals surface area contributed by atoms with Crippen LogP contribution in [0.2, 0.25) is 5.02 Å². The van der Waals surface area contributed by atoms with Crippen LogP contribution in [0.3, 0.4) is 0 Å². The van der Waals surface area contributed by atoms with Gasteiger partial charge in [0.15, 0.2) is 5.17 Å². The van der Waals surface area contributed by atoms with E-state index in [1.807, 2.05) is 42.2 Å². The summed E-state index contributed by atoms with van der Waals surface area (Å²) < 4.78 is 0. The Morgan fingerprint density at radius 1 is 1.03 bits per heavy atom. The van der Waals surface area contributed by atoms with Gasteiger partial charge in [0.1, 0.15) is 6.04 Å². The van der Waals surface area contributed by atoms with E-state index in [1.165, 1.54) is 15.4 Å². The standard InChI is InChI=1S/C23H20ClN3S2/c1-15-14-27-22(21(26-23(27)28-15)19-7-4-5-13-25-19)18-6-2-3-8-20(18)29-17-11-9-16(24)10-12-17/h2-13,15,21-22H,14H2,1H3/t15-,21-,22-/m0/s1. The Morgan fingerprint density at radius 3 is 2.62 bits per heavy atom. The van der Waals surface area contributed by atoms with E-state index in [1.54, 1.807) is 11.8 Å². The summed E-state index contributed by atoms with van der Waals surface area (Å²) in [6.45, 7) is 3.28. The molecule has 3 nitrogen and oxygen atoms in total. The lowest BCUT2D eigenvalue weighted by molar-refractivity contribution is 0.317. The number of aromatic nitrogens is 1. The van der Waals surface area contributed by atoms with Gasteiger partial charge in [-0.25, -0.2) is 0 Å². The average Bonchev–Trinajstić information content (AvgIpc) is 3.27. The molecule has 3 aromatic rings. The lowest BCUT2D eigenvalue weighted by atomic mass is 9.96. The maximum absolute atomic E-state index is 6.07. The van der Waals surface area contributed by atoms with Crippen LogP contribution < -0.4 is 0 Å². The van der Waals surface area contributed by atoms with Crippen LogP contribution in [0.5, 0.6) is 0 Å². The molecule has 0 spiro atoms. The molecule has 1 fully saturated rings. The van der Waals surface area contributed by atoms with E-state index in [0.717, 1.165) is 22.4 Å². The van der Waals surface area contributed by atoms with Crippen molar-refractivity contribution in [3.8, 4) is 0 Å². The van der Waals surface area contributed by atoms with Crippen LogP contribution in [0, 0.1) is 0 Å². The van der Waals surface area contributed by atoms with Gasteiger partial charge in [0.25, 0.3) is 0 Å². The Morgan fingerprint density at radius 2 is 1.83 bits per heavy atom. The highest BCUT2D eigenvalue weighted by atomic mass is 35.5. The molecule has 0 saturated carbocycles. The number of nitrogens with zero attached hydrogens (tertiary/aromatic N) is 3. The molecule has 0 amide bonds.